The van der Waals surface area contributed by atoms with Gasteiger partial charge in [-0.2, -0.15) is 0 Å². The van der Waals surface area contributed by atoms with E-state index in [2.05, 4.69) is 29.0 Å². The van der Waals surface area contributed by atoms with Crippen LogP contribution in [0.15, 0.2) is 24.4 Å². The summed E-state index contributed by atoms with van der Waals surface area (Å²) in [5, 5.41) is 0. The molecule has 0 fully saturated rings. The van der Waals surface area contributed by atoms with E-state index in [0.717, 1.165) is 42.5 Å². The zero-order chi connectivity index (χ0) is 11.4. The van der Waals surface area contributed by atoms with Crippen molar-refractivity contribution in [2.75, 3.05) is 6.54 Å². The maximum absolute atomic E-state index is 5.51. The van der Waals surface area contributed by atoms with E-state index in [1.807, 2.05) is 12.3 Å². The number of aryl methyl sites for hydroxylation is 2. The van der Waals surface area contributed by atoms with E-state index in [1.165, 1.54) is 5.56 Å². The fourth-order valence-corrected chi connectivity index (χ4v) is 1.73. The second-order valence-electron chi connectivity index (χ2n) is 3.93. The van der Waals surface area contributed by atoms with Gasteiger partial charge in [0, 0.05) is 6.20 Å². The van der Waals surface area contributed by atoms with Crippen molar-refractivity contribution in [3.8, 4) is 0 Å². The van der Waals surface area contributed by atoms with E-state index >= 15 is 0 Å². The summed E-state index contributed by atoms with van der Waals surface area (Å²) in [5.41, 5.74) is 9.80. The molecule has 0 amide bonds. The summed E-state index contributed by atoms with van der Waals surface area (Å²) in [6.45, 7) is 2.83. The molecule has 3 heteroatoms. The maximum Gasteiger partial charge on any atom is 0.0892 e. The minimum absolute atomic E-state index is 0.735. The Morgan fingerprint density at radius 1 is 1.25 bits per heavy atom. The molecule has 0 aliphatic rings. The lowest BCUT2D eigenvalue weighted by Gasteiger charge is -2.03. The van der Waals surface area contributed by atoms with E-state index in [9.17, 15) is 0 Å². The van der Waals surface area contributed by atoms with Crippen molar-refractivity contribution < 1.29 is 0 Å². The number of nitrogens with two attached hydrogens (primary N) is 1. The van der Waals surface area contributed by atoms with E-state index in [0.29, 0.717) is 0 Å². The highest BCUT2D eigenvalue weighted by Crippen LogP contribution is 2.13. The molecule has 0 saturated heterocycles. The van der Waals surface area contributed by atoms with Crippen LogP contribution in [-0.2, 0) is 12.8 Å². The standard InChI is InChI=1S/C13H17N3/c1-2-11-9-15-12-6-5-10(4-3-7-14)8-13(12)16-11/h5-6,8-9H,2-4,7,14H2,1H3. The normalized spacial score (nSPS) is 10.9. The third-order valence-electron chi connectivity index (χ3n) is 2.69. The van der Waals surface area contributed by atoms with Gasteiger partial charge in [0.05, 0.1) is 16.7 Å². The lowest BCUT2D eigenvalue weighted by molar-refractivity contribution is 0.833. The molecular formula is C13H17N3. The number of hydrogen-bond acceptors (Lipinski definition) is 3. The maximum atomic E-state index is 5.51. The zero-order valence-corrected chi connectivity index (χ0v) is 9.61. The molecule has 1 aromatic heterocycles. The molecule has 0 bridgehead atoms. The molecule has 1 aromatic carbocycles. The molecule has 1 heterocycles. The Morgan fingerprint density at radius 3 is 2.88 bits per heavy atom. The average Bonchev–Trinajstić information content (AvgIpc) is 2.35. The zero-order valence-electron chi connectivity index (χ0n) is 9.61. The first-order chi connectivity index (χ1) is 7.83. The summed E-state index contributed by atoms with van der Waals surface area (Å²) >= 11 is 0. The Kier molecular flexibility index (Phi) is 3.47. The van der Waals surface area contributed by atoms with E-state index in [-0.39, 0.29) is 0 Å². The third kappa shape index (κ3) is 2.36. The van der Waals surface area contributed by atoms with Crippen LogP contribution in [0, 0.1) is 0 Å². The molecule has 0 spiro atoms. The molecule has 0 unspecified atom stereocenters. The molecule has 0 aliphatic carbocycles. The molecule has 0 atom stereocenters. The summed E-state index contributed by atoms with van der Waals surface area (Å²) in [6, 6.07) is 6.27. The van der Waals surface area contributed by atoms with Crippen molar-refractivity contribution in [2.24, 2.45) is 5.73 Å². The van der Waals surface area contributed by atoms with Gasteiger partial charge < -0.3 is 5.73 Å². The van der Waals surface area contributed by atoms with Gasteiger partial charge in [0.15, 0.2) is 0 Å². The molecule has 16 heavy (non-hydrogen) atoms. The Hall–Kier alpha value is -1.48. The van der Waals surface area contributed by atoms with Gasteiger partial charge in [0.25, 0.3) is 0 Å². The van der Waals surface area contributed by atoms with Gasteiger partial charge in [-0.1, -0.05) is 13.0 Å². The lowest BCUT2D eigenvalue weighted by atomic mass is 10.1. The third-order valence-corrected chi connectivity index (χ3v) is 2.69. The highest BCUT2D eigenvalue weighted by Gasteiger charge is 2.00. The van der Waals surface area contributed by atoms with Crippen LogP contribution in [0.5, 0.6) is 0 Å². The van der Waals surface area contributed by atoms with Crippen molar-refractivity contribution >= 4 is 11.0 Å². The van der Waals surface area contributed by atoms with Gasteiger partial charge in [-0.15, -0.1) is 0 Å². The number of rotatable bonds is 4. The summed E-state index contributed by atoms with van der Waals surface area (Å²) in [6.07, 6.45) is 4.81. The first kappa shape index (κ1) is 11.0. The van der Waals surface area contributed by atoms with Gasteiger partial charge in [0.1, 0.15) is 0 Å². The summed E-state index contributed by atoms with van der Waals surface area (Å²) in [4.78, 5) is 8.95. The fourth-order valence-electron chi connectivity index (χ4n) is 1.73. The fraction of sp³-hybridized carbons (Fsp3) is 0.385. The van der Waals surface area contributed by atoms with Crippen molar-refractivity contribution in [3.63, 3.8) is 0 Å². The second-order valence-corrected chi connectivity index (χ2v) is 3.93. The van der Waals surface area contributed by atoms with Crippen LogP contribution in [0.25, 0.3) is 11.0 Å². The first-order valence-corrected chi connectivity index (χ1v) is 5.78. The molecule has 2 N–H and O–H groups in total. The van der Waals surface area contributed by atoms with Crippen molar-refractivity contribution in [3.05, 3.63) is 35.7 Å². The Bertz CT molecular complexity index is 480. The molecule has 0 aliphatic heterocycles. The van der Waals surface area contributed by atoms with Crippen LogP contribution in [0.2, 0.25) is 0 Å². The van der Waals surface area contributed by atoms with Gasteiger partial charge >= 0.3 is 0 Å². The van der Waals surface area contributed by atoms with E-state index < -0.39 is 0 Å². The summed E-state index contributed by atoms with van der Waals surface area (Å²) in [7, 11) is 0. The van der Waals surface area contributed by atoms with Crippen LogP contribution in [0.1, 0.15) is 24.6 Å². The quantitative estimate of drug-likeness (QED) is 0.849. The molecule has 0 radical (unpaired) electrons. The predicted octanol–water partition coefficient (Wildman–Crippen LogP) is 2.08. The Balaban J connectivity index is 2.35. The van der Waals surface area contributed by atoms with Crippen molar-refractivity contribution in [1.82, 2.24) is 9.97 Å². The topological polar surface area (TPSA) is 51.8 Å². The number of aromatic nitrogens is 2. The van der Waals surface area contributed by atoms with E-state index in [4.69, 9.17) is 5.73 Å². The SMILES string of the molecule is CCc1cnc2ccc(CCCN)cc2n1. The number of hydrogen-bond donors (Lipinski definition) is 1. The first-order valence-electron chi connectivity index (χ1n) is 5.78. The van der Waals surface area contributed by atoms with E-state index in [1.54, 1.807) is 0 Å². The van der Waals surface area contributed by atoms with Crippen LogP contribution >= 0.6 is 0 Å². The largest absolute Gasteiger partial charge is 0.330 e. The molecule has 2 aromatic rings. The highest BCUT2D eigenvalue weighted by atomic mass is 14.8. The molecule has 84 valence electrons. The van der Waals surface area contributed by atoms with Crippen molar-refractivity contribution in [1.29, 1.82) is 0 Å². The molecular weight excluding hydrogens is 198 g/mol. The van der Waals surface area contributed by atoms with Gasteiger partial charge in [0.2, 0.25) is 0 Å². The smallest absolute Gasteiger partial charge is 0.0892 e. The summed E-state index contributed by atoms with van der Waals surface area (Å²) < 4.78 is 0. The minimum Gasteiger partial charge on any atom is -0.330 e. The molecule has 0 saturated carbocycles. The van der Waals surface area contributed by atoms with Gasteiger partial charge in [-0.3, -0.25) is 4.98 Å². The molecule has 2 rings (SSSR count). The van der Waals surface area contributed by atoms with Gasteiger partial charge in [-0.25, -0.2) is 4.98 Å². The average molecular weight is 215 g/mol. The second kappa shape index (κ2) is 5.03. The van der Waals surface area contributed by atoms with Crippen LogP contribution in [0.3, 0.4) is 0 Å². The molecule has 3 nitrogen and oxygen atoms in total. The van der Waals surface area contributed by atoms with Crippen LogP contribution in [-0.4, -0.2) is 16.5 Å². The Labute approximate surface area is 95.7 Å². The number of benzene rings is 1. The highest BCUT2D eigenvalue weighted by molar-refractivity contribution is 5.74. The van der Waals surface area contributed by atoms with Crippen LogP contribution in [0.4, 0.5) is 0 Å². The number of nitrogens with zero attached hydrogens (tertiary/aromatic N) is 2. The predicted molar refractivity (Wildman–Crippen MR) is 66.3 cm³/mol. The summed E-state index contributed by atoms with van der Waals surface area (Å²) in [5.74, 6) is 0. The van der Waals surface area contributed by atoms with Gasteiger partial charge in [-0.05, 0) is 43.5 Å². The minimum atomic E-state index is 0.735. The Morgan fingerprint density at radius 2 is 2.12 bits per heavy atom. The lowest BCUT2D eigenvalue weighted by Crippen LogP contribution is -2.00. The van der Waals surface area contributed by atoms with Crippen molar-refractivity contribution in [2.45, 2.75) is 26.2 Å². The van der Waals surface area contributed by atoms with Crippen LogP contribution < -0.4 is 5.73 Å². The monoisotopic (exact) mass is 215 g/mol. The number of fused-ring (bicyclic) bond motifs is 1.